The highest BCUT2D eigenvalue weighted by Gasteiger charge is 2.25. The Morgan fingerprint density at radius 2 is 1.95 bits per heavy atom. The third kappa shape index (κ3) is 3.12. The van der Waals surface area contributed by atoms with E-state index in [9.17, 15) is 9.90 Å². The molecule has 0 unspecified atom stereocenters. The van der Waals surface area contributed by atoms with Crippen molar-refractivity contribution < 1.29 is 9.90 Å². The molecule has 2 aromatic carbocycles. The lowest BCUT2D eigenvalue weighted by Gasteiger charge is -2.31. The SMILES string of the molecule is N[C@@H](Cc1ccccc1)C(=O)N1CCc2ccc(O)cc2C1. The zero-order valence-electron chi connectivity index (χ0n) is 12.4. The summed E-state index contributed by atoms with van der Waals surface area (Å²) in [7, 11) is 0. The number of hydrogen-bond acceptors (Lipinski definition) is 3. The van der Waals surface area contributed by atoms with Crippen LogP contribution in [-0.2, 0) is 24.2 Å². The van der Waals surface area contributed by atoms with Gasteiger partial charge in [-0.1, -0.05) is 36.4 Å². The maximum Gasteiger partial charge on any atom is 0.240 e. The zero-order chi connectivity index (χ0) is 15.5. The van der Waals surface area contributed by atoms with E-state index in [1.807, 2.05) is 36.4 Å². The standard InChI is InChI=1S/C18H20N2O2/c19-17(10-13-4-2-1-3-5-13)18(22)20-9-8-14-6-7-16(21)11-15(14)12-20/h1-7,11,17,21H,8-10,12,19H2/t17-/m0/s1. The van der Waals surface area contributed by atoms with Crippen LogP contribution in [-0.4, -0.2) is 28.5 Å². The van der Waals surface area contributed by atoms with Gasteiger partial charge in [0, 0.05) is 13.1 Å². The smallest absolute Gasteiger partial charge is 0.240 e. The van der Waals surface area contributed by atoms with Gasteiger partial charge in [-0.3, -0.25) is 4.79 Å². The average Bonchev–Trinajstić information content (AvgIpc) is 2.54. The number of phenols is 1. The predicted molar refractivity (Wildman–Crippen MR) is 85.3 cm³/mol. The highest BCUT2D eigenvalue weighted by molar-refractivity contribution is 5.82. The van der Waals surface area contributed by atoms with E-state index < -0.39 is 6.04 Å². The van der Waals surface area contributed by atoms with E-state index in [1.54, 1.807) is 17.0 Å². The van der Waals surface area contributed by atoms with Crippen molar-refractivity contribution in [1.29, 1.82) is 0 Å². The number of carbonyl (C=O) groups excluding carboxylic acids is 1. The minimum atomic E-state index is -0.527. The molecule has 2 aromatic rings. The van der Waals surface area contributed by atoms with E-state index in [0.717, 1.165) is 17.5 Å². The summed E-state index contributed by atoms with van der Waals surface area (Å²) in [5.74, 6) is 0.208. The molecule has 0 bridgehead atoms. The monoisotopic (exact) mass is 296 g/mol. The van der Waals surface area contributed by atoms with Crippen LogP contribution >= 0.6 is 0 Å². The van der Waals surface area contributed by atoms with Gasteiger partial charge in [-0.15, -0.1) is 0 Å². The Kier molecular flexibility index (Phi) is 4.11. The molecule has 0 aromatic heterocycles. The quantitative estimate of drug-likeness (QED) is 0.908. The highest BCUT2D eigenvalue weighted by atomic mass is 16.3. The van der Waals surface area contributed by atoms with Crippen LogP contribution < -0.4 is 5.73 Å². The largest absolute Gasteiger partial charge is 0.508 e. The summed E-state index contributed by atoms with van der Waals surface area (Å²) >= 11 is 0. The van der Waals surface area contributed by atoms with Crippen LogP contribution in [0.15, 0.2) is 48.5 Å². The molecule has 1 heterocycles. The first-order chi connectivity index (χ1) is 10.6. The van der Waals surface area contributed by atoms with Crippen LogP contribution in [0, 0.1) is 0 Å². The number of nitrogens with zero attached hydrogens (tertiary/aromatic N) is 1. The fourth-order valence-electron chi connectivity index (χ4n) is 2.92. The molecule has 4 heteroatoms. The van der Waals surface area contributed by atoms with Gasteiger partial charge < -0.3 is 15.7 Å². The predicted octanol–water partition coefficient (Wildman–Crippen LogP) is 1.85. The first-order valence-electron chi connectivity index (χ1n) is 7.52. The normalized spacial score (nSPS) is 15.2. The van der Waals surface area contributed by atoms with Crippen LogP contribution in [0.3, 0.4) is 0 Å². The van der Waals surface area contributed by atoms with Gasteiger partial charge >= 0.3 is 0 Å². The summed E-state index contributed by atoms with van der Waals surface area (Å²) in [6.45, 7) is 1.20. The van der Waals surface area contributed by atoms with Crippen LogP contribution in [0.4, 0.5) is 0 Å². The molecule has 114 valence electrons. The minimum absolute atomic E-state index is 0.0298. The molecule has 1 aliphatic heterocycles. The number of benzene rings is 2. The molecule has 4 nitrogen and oxygen atoms in total. The number of amides is 1. The molecular formula is C18H20N2O2. The topological polar surface area (TPSA) is 66.6 Å². The number of fused-ring (bicyclic) bond motifs is 1. The van der Waals surface area contributed by atoms with Gasteiger partial charge in [-0.2, -0.15) is 0 Å². The Labute approximate surface area is 130 Å². The van der Waals surface area contributed by atoms with Crippen molar-refractivity contribution in [2.75, 3.05) is 6.54 Å². The number of aromatic hydroxyl groups is 1. The summed E-state index contributed by atoms with van der Waals surface area (Å²) in [5, 5.41) is 9.59. The maximum absolute atomic E-state index is 12.5. The Morgan fingerprint density at radius 1 is 1.18 bits per heavy atom. The molecule has 0 saturated heterocycles. The van der Waals surface area contributed by atoms with Crippen LogP contribution in [0.1, 0.15) is 16.7 Å². The molecule has 1 amide bonds. The summed E-state index contributed by atoms with van der Waals surface area (Å²) < 4.78 is 0. The lowest BCUT2D eigenvalue weighted by molar-refractivity contribution is -0.133. The molecular weight excluding hydrogens is 276 g/mol. The van der Waals surface area contributed by atoms with Crippen molar-refractivity contribution in [3.8, 4) is 5.75 Å². The molecule has 0 saturated carbocycles. The third-order valence-corrected chi connectivity index (χ3v) is 4.13. The molecule has 0 radical (unpaired) electrons. The van der Waals surface area contributed by atoms with E-state index in [2.05, 4.69) is 0 Å². The highest BCUT2D eigenvalue weighted by Crippen LogP contribution is 2.23. The van der Waals surface area contributed by atoms with E-state index in [0.29, 0.717) is 19.5 Å². The van der Waals surface area contributed by atoms with E-state index in [1.165, 1.54) is 5.56 Å². The number of hydrogen-bond donors (Lipinski definition) is 2. The van der Waals surface area contributed by atoms with Crippen LogP contribution in [0.5, 0.6) is 5.75 Å². The third-order valence-electron chi connectivity index (χ3n) is 4.13. The summed E-state index contributed by atoms with van der Waals surface area (Å²) in [6.07, 6.45) is 1.35. The first kappa shape index (κ1) is 14.6. The lowest BCUT2D eigenvalue weighted by Crippen LogP contribution is -2.46. The van der Waals surface area contributed by atoms with E-state index in [4.69, 9.17) is 5.73 Å². The minimum Gasteiger partial charge on any atom is -0.508 e. The second-order valence-corrected chi connectivity index (χ2v) is 5.76. The average molecular weight is 296 g/mol. The Morgan fingerprint density at radius 3 is 2.73 bits per heavy atom. The van der Waals surface area contributed by atoms with Crippen LogP contribution in [0.2, 0.25) is 0 Å². The molecule has 3 rings (SSSR count). The van der Waals surface area contributed by atoms with E-state index >= 15 is 0 Å². The number of phenolic OH excluding ortho intramolecular Hbond substituents is 1. The first-order valence-corrected chi connectivity index (χ1v) is 7.52. The lowest BCUT2D eigenvalue weighted by atomic mass is 9.98. The van der Waals surface area contributed by atoms with Gasteiger partial charge in [-0.25, -0.2) is 0 Å². The van der Waals surface area contributed by atoms with Crippen molar-refractivity contribution in [2.24, 2.45) is 5.73 Å². The van der Waals surface area contributed by atoms with Crippen molar-refractivity contribution in [1.82, 2.24) is 4.90 Å². The van der Waals surface area contributed by atoms with Gasteiger partial charge in [0.2, 0.25) is 5.91 Å². The van der Waals surface area contributed by atoms with Gasteiger partial charge in [0.25, 0.3) is 0 Å². The Bertz CT molecular complexity index is 670. The fourth-order valence-corrected chi connectivity index (χ4v) is 2.92. The second-order valence-electron chi connectivity index (χ2n) is 5.76. The van der Waals surface area contributed by atoms with Gasteiger partial charge in [-0.05, 0) is 41.7 Å². The molecule has 1 atom stereocenters. The molecule has 22 heavy (non-hydrogen) atoms. The van der Waals surface area contributed by atoms with Crippen molar-refractivity contribution in [3.63, 3.8) is 0 Å². The van der Waals surface area contributed by atoms with Crippen molar-refractivity contribution in [2.45, 2.75) is 25.4 Å². The summed E-state index contributed by atoms with van der Waals surface area (Å²) in [5.41, 5.74) is 9.36. The zero-order valence-corrected chi connectivity index (χ0v) is 12.4. The molecule has 3 N–H and O–H groups in total. The maximum atomic E-state index is 12.5. The van der Waals surface area contributed by atoms with Crippen LogP contribution in [0.25, 0.3) is 0 Å². The summed E-state index contributed by atoms with van der Waals surface area (Å²) in [4.78, 5) is 14.3. The van der Waals surface area contributed by atoms with Crippen molar-refractivity contribution in [3.05, 3.63) is 65.2 Å². The molecule has 0 fully saturated rings. The van der Waals surface area contributed by atoms with Gasteiger partial charge in [0.05, 0.1) is 6.04 Å². The number of nitrogens with two attached hydrogens (primary N) is 1. The number of carbonyl (C=O) groups is 1. The second kappa shape index (κ2) is 6.20. The molecule has 0 spiro atoms. The molecule has 0 aliphatic carbocycles. The Balaban J connectivity index is 1.68. The van der Waals surface area contributed by atoms with E-state index in [-0.39, 0.29) is 11.7 Å². The summed E-state index contributed by atoms with van der Waals surface area (Å²) in [6, 6.07) is 14.6. The van der Waals surface area contributed by atoms with Gasteiger partial charge in [0.1, 0.15) is 5.75 Å². The van der Waals surface area contributed by atoms with Gasteiger partial charge in [0.15, 0.2) is 0 Å². The fraction of sp³-hybridized carbons (Fsp3) is 0.278. The number of rotatable bonds is 3. The molecule has 1 aliphatic rings. The Hall–Kier alpha value is -2.33. The van der Waals surface area contributed by atoms with Crippen molar-refractivity contribution >= 4 is 5.91 Å².